The van der Waals surface area contributed by atoms with Crippen molar-refractivity contribution in [1.82, 2.24) is 0 Å². The average molecular weight is 461 g/mol. The fourth-order valence-electron chi connectivity index (χ4n) is 1.28. The van der Waals surface area contributed by atoms with Gasteiger partial charge in [-0.05, 0) is 28.7 Å². The third kappa shape index (κ3) is 11.1. The van der Waals surface area contributed by atoms with Crippen LogP contribution in [0.1, 0.15) is 32.0 Å². The Morgan fingerprint density at radius 1 is 1.37 bits per heavy atom. The molecule has 0 aromatic heterocycles. The number of hydrogen-bond acceptors (Lipinski definition) is 2. The Labute approximate surface area is 132 Å². The molecule has 0 heterocycles. The van der Waals surface area contributed by atoms with Crippen molar-refractivity contribution >= 4 is 13.7 Å². The second-order valence-electron chi connectivity index (χ2n) is 4.51. The molecule has 0 saturated carbocycles. The number of allylic oxidation sites excluding steroid dienone is 2. The summed E-state index contributed by atoms with van der Waals surface area (Å²) in [7, 11) is -0.196. The number of aliphatic hydroxyl groups excluding tert-OH is 1. The molecule has 0 radical (unpaired) electrons. The van der Waals surface area contributed by atoms with Gasteiger partial charge in [0.2, 0.25) is 0 Å². The Bertz CT molecular complexity index is 384. The fourth-order valence-corrected chi connectivity index (χ4v) is 2.08. The topological polar surface area (TPSA) is 37.3 Å². The Morgan fingerprint density at radius 2 is 1.95 bits per heavy atom. The first-order valence-corrected chi connectivity index (χ1v) is 8.56. The molecule has 0 aliphatic carbocycles. The first kappa shape index (κ1) is 20.9. The molecular weight excluding hydrogens is 438 g/mol. The second kappa shape index (κ2) is 11.4. The van der Waals surface area contributed by atoms with Gasteiger partial charge in [-0.1, -0.05) is 0 Å². The van der Waals surface area contributed by atoms with Crippen LogP contribution >= 0.6 is 7.92 Å². The van der Waals surface area contributed by atoms with E-state index in [-0.39, 0.29) is 40.5 Å². The molecule has 4 heteroatoms. The summed E-state index contributed by atoms with van der Waals surface area (Å²) in [4.78, 5) is 10.0. The van der Waals surface area contributed by atoms with Gasteiger partial charge in [-0.3, -0.25) is 4.79 Å². The molecule has 0 spiro atoms. The maximum Gasteiger partial charge on any atom is 0.155 e. The summed E-state index contributed by atoms with van der Waals surface area (Å²) in [5.41, 5.74) is 2.09. The molecular formula is C15H23O2PPt. The molecule has 0 bridgehead atoms. The van der Waals surface area contributed by atoms with E-state index in [0.717, 1.165) is 5.66 Å². The zero-order valence-corrected chi connectivity index (χ0v) is 15.4. The van der Waals surface area contributed by atoms with Crippen molar-refractivity contribution in [3.8, 4) is 0 Å². The van der Waals surface area contributed by atoms with Crippen molar-refractivity contribution in [3.05, 3.63) is 47.7 Å². The molecule has 1 N–H and O–H groups in total. The van der Waals surface area contributed by atoms with E-state index >= 15 is 0 Å². The van der Waals surface area contributed by atoms with Gasteiger partial charge in [-0.2, -0.15) is 30.3 Å². The molecule has 0 aliphatic heterocycles. The normalized spacial score (nSPS) is 12.0. The van der Waals surface area contributed by atoms with Gasteiger partial charge >= 0.3 is 0 Å². The molecule has 0 saturated heterocycles. The summed E-state index contributed by atoms with van der Waals surface area (Å²) in [6.07, 6.45) is 1.17. The van der Waals surface area contributed by atoms with E-state index in [0.29, 0.717) is 0 Å². The molecule has 0 amide bonds. The fraction of sp³-hybridized carbons (Fsp3) is 0.400. The Morgan fingerprint density at radius 3 is 2.21 bits per heavy atom. The maximum atomic E-state index is 10.0. The van der Waals surface area contributed by atoms with Crippen LogP contribution in [0.2, 0.25) is 0 Å². The van der Waals surface area contributed by atoms with Crippen LogP contribution in [0, 0.1) is 6.07 Å². The Kier molecular flexibility index (Phi) is 12.5. The van der Waals surface area contributed by atoms with E-state index in [4.69, 9.17) is 5.11 Å². The van der Waals surface area contributed by atoms with Gasteiger partial charge in [0, 0.05) is 40.5 Å². The van der Waals surface area contributed by atoms with Crippen molar-refractivity contribution < 1.29 is 31.0 Å². The Hall–Kier alpha value is -0.452. The van der Waals surface area contributed by atoms with Crippen LogP contribution in [0.25, 0.3) is 0 Å². The molecule has 1 atom stereocenters. The standard InChI is InChI=1S/C10H14P.C5H8O2.Pt/c1-9(11(2)3)10-7-5-4-6-8-10;1-4(6)3-5(2)7;/h4-7,9H,1-3H3;3,6H,1-2H3;/q-1;;/p+1. The van der Waals surface area contributed by atoms with E-state index < -0.39 is 0 Å². The number of carbonyl (C=O) groups is 1. The first-order valence-electron chi connectivity index (χ1n) is 5.99. The minimum absolute atomic E-state index is 0. The van der Waals surface area contributed by atoms with Crippen molar-refractivity contribution in [1.29, 1.82) is 0 Å². The van der Waals surface area contributed by atoms with Gasteiger partial charge in [0.25, 0.3) is 0 Å². The summed E-state index contributed by atoms with van der Waals surface area (Å²) in [6, 6.07) is 11.6. The number of carbonyl (C=O) groups excluding carboxylic acids is 1. The molecule has 1 rings (SSSR count). The van der Waals surface area contributed by atoms with Crippen LogP contribution < -0.4 is 0 Å². The smallest absolute Gasteiger partial charge is 0.155 e. The zero-order chi connectivity index (χ0) is 14.1. The van der Waals surface area contributed by atoms with Crippen LogP contribution in [-0.4, -0.2) is 24.2 Å². The summed E-state index contributed by atoms with van der Waals surface area (Å²) in [5, 5.41) is 8.36. The van der Waals surface area contributed by atoms with Crippen molar-refractivity contribution in [2.24, 2.45) is 0 Å². The minimum atomic E-state index is -0.196. The molecule has 1 aromatic carbocycles. The van der Waals surface area contributed by atoms with Crippen LogP contribution in [-0.2, 0) is 25.9 Å². The van der Waals surface area contributed by atoms with Crippen molar-refractivity contribution in [2.75, 3.05) is 13.3 Å². The van der Waals surface area contributed by atoms with Crippen LogP contribution in [0.5, 0.6) is 0 Å². The van der Waals surface area contributed by atoms with Crippen LogP contribution in [0.15, 0.2) is 36.1 Å². The first-order chi connectivity index (χ1) is 8.34. The van der Waals surface area contributed by atoms with Gasteiger partial charge in [0.05, 0.1) is 11.4 Å². The molecule has 0 fully saturated rings. The van der Waals surface area contributed by atoms with E-state index in [2.05, 4.69) is 38.5 Å². The monoisotopic (exact) mass is 461 g/mol. The van der Waals surface area contributed by atoms with Crippen LogP contribution in [0.4, 0.5) is 0 Å². The summed E-state index contributed by atoms with van der Waals surface area (Å²) in [6.45, 7) is 9.83. The quantitative estimate of drug-likeness (QED) is 0.319. The SMILES string of the molecule is CC(=O)C=C(C)O.CC(c1[c-]cccc1)[PH+](C)C.[Pt]. The van der Waals surface area contributed by atoms with Gasteiger partial charge in [-0.25, -0.2) is 0 Å². The molecule has 1 unspecified atom stereocenters. The maximum absolute atomic E-state index is 10.0. The predicted octanol–water partition coefficient (Wildman–Crippen LogP) is 4.06. The van der Waals surface area contributed by atoms with Gasteiger partial charge < -0.3 is 5.11 Å². The average Bonchev–Trinajstić information content (AvgIpc) is 2.28. The summed E-state index contributed by atoms with van der Waals surface area (Å²) < 4.78 is 0. The van der Waals surface area contributed by atoms with E-state index in [1.54, 1.807) is 0 Å². The number of ketones is 1. The van der Waals surface area contributed by atoms with Gasteiger partial charge in [0.1, 0.15) is 0 Å². The van der Waals surface area contributed by atoms with Crippen molar-refractivity contribution in [2.45, 2.75) is 26.4 Å². The third-order valence-corrected chi connectivity index (χ3v) is 4.52. The van der Waals surface area contributed by atoms with E-state index in [1.165, 1.54) is 25.5 Å². The Balaban J connectivity index is 0. The van der Waals surface area contributed by atoms with Crippen LogP contribution in [0.3, 0.4) is 0 Å². The number of hydrogen-bond donors (Lipinski definition) is 1. The van der Waals surface area contributed by atoms with Gasteiger partial charge in [-0.15, -0.1) is 5.56 Å². The number of rotatable bonds is 3. The molecule has 19 heavy (non-hydrogen) atoms. The van der Waals surface area contributed by atoms with E-state index in [9.17, 15) is 4.79 Å². The minimum Gasteiger partial charge on any atom is -0.512 e. The summed E-state index contributed by atoms with van der Waals surface area (Å²) in [5.74, 6) is -0.0625. The molecule has 110 valence electrons. The summed E-state index contributed by atoms with van der Waals surface area (Å²) >= 11 is 0. The van der Waals surface area contributed by atoms with Gasteiger partial charge in [0.15, 0.2) is 5.78 Å². The molecule has 0 aliphatic rings. The van der Waals surface area contributed by atoms with Crippen molar-refractivity contribution in [3.63, 3.8) is 0 Å². The number of benzene rings is 1. The largest absolute Gasteiger partial charge is 0.512 e. The number of aliphatic hydroxyl groups is 1. The third-order valence-electron chi connectivity index (χ3n) is 2.48. The molecule has 2 nitrogen and oxygen atoms in total. The predicted molar refractivity (Wildman–Crippen MR) is 80.9 cm³/mol. The van der Waals surface area contributed by atoms with E-state index in [1.807, 2.05) is 12.1 Å². The second-order valence-corrected chi connectivity index (χ2v) is 7.53. The zero-order valence-electron chi connectivity index (χ0n) is 12.1. The molecule has 1 aromatic rings.